The number of benzene rings is 2. The molecule has 0 bridgehead atoms. The summed E-state index contributed by atoms with van der Waals surface area (Å²) in [4.78, 5) is 12.1. The third-order valence-electron chi connectivity index (χ3n) is 3.66. The second-order valence-corrected chi connectivity index (χ2v) is 6.14. The molecule has 0 amide bonds. The Hall–Kier alpha value is -1.83. The summed E-state index contributed by atoms with van der Waals surface area (Å²) < 4.78 is 5.46. The Kier molecular flexibility index (Phi) is 4.12. The summed E-state index contributed by atoms with van der Waals surface area (Å²) >= 11 is 0. The highest BCUT2D eigenvalue weighted by molar-refractivity contribution is 5.89. The number of fused-ring (bicyclic) bond motifs is 1. The molecular formula is C18H22O2. The minimum atomic E-state index is -0.280. The van der Waals surface area contributed by atoms with E-state index in [4.69, 9.17) is 4.74 Å². The molecule has 0 aliphatic rings. The summed E-state index contributed by atoms with van der Waals surface area (Å²) in [6.45, 7) is 5.90. The van der Waals surface area contributed by atoms with E-state index in [1.807, 2.05) is 39.0 Å². The predicted octanol–water partition coefficient (Wildman–Crippen LogP) is 4.40. The van der Waals surface area contributed by atoms with Crippen molar-refractivity contribution in [3.05, 3.63) is 42.0 Å². The Bertz CT molecular complexity index is 621. The summed E-state index contributed by atoms with van der Waals surface area (Å²) in [7, 11) is 1.68. The molecule has 0 spiro atoms. The Morgan fingerprint density at radius 1 is 1.10 bits per heavy atom. The first-order chi connectivity index (χ1) is 9.43. The lowest BCUT2D eigenvalue weighted by Gasteiger charge is -2.17. The number of methoxy groups -OCH3 is 1. The number of hydrogen-bond donors (Lipinski definition) is 0. The van der Waals surface area contributed by atoms with Crippen LogP contribution in [-0.4, -0.2) is 12.9 Å². The number of aryl methyl sites for hydroxylation is 1. The summed E-state index contributed by atoms with van der Waals surface area (Å²) in [5.74, 6) is 1.15. The number of ketones is 1. The molecule has 2 heteroatoms. The van der Waals surface area contributed by atoms with Gasteiger partial charge in [0.25, 0.3) is 0 Å². The van der Waals surface area contributed by atoms with E-state index >= 15 is 0 Å². The maximum atomic E-state index is 12.1. The van der Waals surface area contributed by atoms with E-state index in [0.717, 1.165) is 17.7 Å². The lowest BCUT2D eigenvalue weighted by Crippen LogP contribution is -2.20. The Labute approximate surface area is 120 Å². The van der Waals surface area contributed by atoms with Gasteiger partial charge >= 0.3 is 0 Å². The normalized spacial score (nSPS) is 11.6. The average Bonchev–Trinajstić information content (AvgIpc) is 2.43. The Morgan fingerprint density at radius 3 is 2.45 bits per heavy atom. The predicted molar refractivity (Wildman–Crippen MR) is 83.3 cm³/mol. The van der Waals surface area contributed by atoms with Gasteiger partial charge in [0, 0.05) is 17.4 Å². The summed E-state index contributed by atoms with van der Waals surface area (Å²) in [6.07, 6.45) is 1.27. The van der Waals surface area contributed by atoms with Gasteiger partial charge in [-0.15, -0.1) is 0 Å². The average molecular weight is 270 g/mol. The number of hydrogen-bond acceptors (Lipinski definition) is 2. The van der Waals surface area contributed by atoms with Crippen molar-refractivity contribution in [2.24, 2.45) is 5.41 Å². The lowest BCUT2D eigenvalue weighted by atomic mass is 9.86. The SMILES string of the molecule is COc1ccc2ccccc2c1CCC(=O)C(C)(C)C. The fourth-order valence-corrected chi connectivity index (χ4v) is 2.38. The number of ether oxygens (including phenoxy) is 1. The van der Waals surface area contributed by atoms with Gasteiger partial charge in [-0.3, -0.25) is 4.79 Å². The molecule has 106 valence electrons. The van der Waals surface area contributed by atoms with E-state index in [-0.39, 0.29) is 11.2 Å². The number of rotatable bonds is 4. The third kappa shape index (κ3) is 3.01. The van der Waals surface area contributed by atoms with Crippen molar-refractivity contribution in [2.45, 2.75) is 33.6 Å². The topological polar surface area (TPSA) is 26.3 Å². The van der Waals surface area contributed by atoms with Crippen molar-refractivity contribution < 1.29 is 9.53 Å². The van der Waals surface area contributed by atoms with Crippen LogP contribution >= 0.6 is 0 Å². The molecule has 0 atom stereocenters. The highest BCUT2D eigenvalue weighted by Crippen LogP contribution is 2.30. The highest BCUT2D eigenvalue weighted by atomic mass is 16.5. The second kappa shape index (κ2) is 5.66. The van der Waals surface area contributed by atoms with E-state index < -0.39 is 0 Å². The van der Waals surface area contributed by atoms with E-state index in [2.05, 4.69) is 18.2 Å². The smallest absolute Gasteiger partial charge is 0.138 e. The maximum absolute atomic E-state index is 12.1. The molecule has 0 saturated heterocycles. The Balaban J connectivity index is 2.35. The molecule has 0 aromatic heterocycles. The van der Waals surface area contributed by atoms with Crippen molar-refractivity contribution in [1.29, 1.82) is 0 Å². The molecule has 2 aromatic rings. The van der Waals surface area contributed by atoms with Crippen molar-refractivity contribution in [3.63, 3.8) is 0 Å². The minimum Gasteiger partial charge on any atom is -0.496 e. The van der Waals surface area contributed by atoms with Gasteiger partial charge in [0.2, 0.25) is 0 Å². The van der Waals surface area contributed by atoms with Gasteiger partial charge in [-0.05, 0) is 23.3 Å². The van der Waals surface area contributed by atoms with Crippen LogP contribution in [0, 0.1) is 5.41 Å². The summed E-state index contributed by atoms with van der Waals surface area (Å²) in [5, 5.41) is 2.36. The molecule has 0 aliphatic carbocycles. The van der Waals surface area contributed by atoms with Crippen LogP contribution in [0.2, 0.25) is 0 Å². The van der Waals surface area contributed by atoms with Crippen LogP contribution in [0.1, 0.15) is 32.8 Å². The first-order valence-corrected chi connectivity index (χ1v) is 7.01. The van der Waals surface area contributed by atoms with Gasteiger partial charge in [0.1, 0.15) is 11.5 Å². The maximum Gasteiger partial charge on any atom is 0.138 e. The quantitative estimate of drug-likeness (QED) is 0.823. The minimum absolute atomic E-state index is 0.280. The van der Waals surface area contributed by atoms with Gasteiger partial charge in [0.05, 0.1) is 7.11 Å². The second-order valence-electron chi connectivity index (χ2n) is 6.14. The van der Waals surface area contributed by atoms with E-state index in [0.29, 0.717) is 6.42 Å². The van der Waals surface area contributed by atoms with Crippen molar-refractivity contribution in [1.82, 2.24) is 0 Å². The number of Topliss-reactive ketones (excluding diaryl/α,β-unsaturated/α-hetero) is 1. The van der Waals surface area contributed by atoms with Crippen LogP contribution in [-0.2, 0) is 11.2 Å². The standard InChI is InChI=1S/C18H22O2/c1-18(2,3)17(19)12-10-15-14-8-6-5-7-13(14)9-11-16(15)20-4/h5-9,11H,10,12H2,1-4H3. The van der Waals surface area contributed by atoms with Crippen LogP contribution < -0.4 is 4.74 Å². The first kappa shape index (κ1) is 14.6. The molecule has 0 radical (unpaired) electrons. The van der Waals surface area contributed by atoms with Crippen LogP contribution in [0.25, 0.3) is 10.8 Å². The van der Waals surface area contributed by atoms with Crippen molar-refractivity contribution in [2.75, 3.05) is 7.11 Å². The van der Waals surface area contributed by atoms with E-state index in [1.54, 1.807) is 7.11 Å². The van der Waals surface area contributed by atoms with Gasteiger partial charge in [-0.2, -0.15) is 0 Å². The molecule has 2 aromatic carbocycles. The number of carbonyl (C=O) groups excluding carboxylic acids is 1. The van der Waals surface area contributed by atoms with Crippen LogP contribution in [0.3, 0.4) is 0 Å². The monoisotopic (exact) mass is 270 g/mol. The summed E-state index contributed by atoms with van der Waals surface area (Å²) in [6, 6.07) is 12.3. The highest BCUT2D eigenvalue weighted by Gasteiger charge is 2.21. The molecule has 0 unspecified atom stereocenters. The molecule has 20 heavy (non-hydrogen) atoms. The van der Waals surface area contributed by atoms with Gasteiger partial charge in [-0.1, -0.05) is 51.1 Å². The van der Waals surface area contributed by atoms with E-state index in [9.17, 15) is 4.79 Å². The molecule has 0 heterocycles. The molecule has 0 N–H and O–H groups in total. The zero-order valence-electron chi connectivity index (χ0n) is 12.7. The van der Waals surface area contributed by atoms with Gasteiger partial charge < -0.3 is 4.74 Å². The fraction of sp³-hybridized carbons (Fsp3) is 0.389. The van der Waals surface area contributed by atoms with Crippen LogP contribution in [0.5, 0.6) is 5.75 Å². The third-order valence-corrected chi connectivity index (χ3v) is 3.66. The van der Waals surface area contributed by atoms with Crippen molar-refractivity contribution >= 4 is 16.6 Å². The lowest BCUT2D eigenvalue weighted by molar-refractivity contribution is -0.126. The van der Waals surface area contributed by atoms with Crippen molar-refractivity contribution in [3.8, 4) is 5.75 Å². The molecule has 2 nitrogen and oxygen atoms in total. The summed E-state index contributed by atoms with van der Waals surface area (Å²) in [5.41, 5.74) is 0.848. The fourth-order valence-electron chi connectivity index (χ4n) is 2.38. The molecule has 0 aliphatic heterocycles. The zero-order valence-corrected chi connectivity index (χ0v) is 12.7. The van der Waals surface area contributed by atoms with Gasteiger partial charge in [0.15, 0.2) is 0 Å². The molecule has 2 rings (SSSR count). The van der Waals surface area contributed by atoms with Crippen LogP contribution in [0.15, 0.2) is 36.4 Å². The number of carbonyl (C=O) groups is 1. The molecule has 0 fully saturated rings. The largest absolute Gasteiger partial charge is 0.496 e. The molecular weight excluding hydrogens is 248 g/mol. The molecule has 0 saturated carbocycles. The zero-order chi connectivity index (χ0) is 14.8. The van der Waals surface area contributed by atoms with Crippen LogP contribution in [0.4, 0.5) is 0 Å². The van der Waals surface area contributed by atoms with E-state index in [1.165, 1.54) is 10.8 Å². The first-order valence-electron chi connectivity index (χ1n) is 7.01. The Morgan fingerprint density at radius 2 is 1.80 bits per heavy atom. The van der Waals surface area contributed by atoms with Gasteiger partial charge in [-0.25, -0.2) is 0 Å².